The summed E-state index contributed by atoms with van der Waals surface area (Å²) in [4.78, 5) is 0. The molecule has 0 aromatic heterocycles. The molecule has 0 rings (SSSR count). The Hall–Kier alpha value is -0.0000000000000000555. The van der Waals surface area contributed by atoms with E-state index in [1.165, 1.54) is 0 Å². The molecule has 0 amide bonds. The van der Waals surface area contributed by atoms with Gasteiger partial charge in [0.1, 0.15) is 0 Å². The SMILES string of the molecule is Cl.NCC(O)CC(F)(F)F. The molecule has 2 nitrogen and oxygen atoms in total. The van der Waals surface area contributed by atoms with Crippen LogP contribution in [0.25, 0.3) is 0 Å². The van der Waals surface area contributed by atoms with Gasteiger partial charge in [-0.05, 0) is 0 Å². The summed E-state index contributed by atoms with van der Waals surface area (Å²) in [5, 5.41) is 8.35. The predicted molar refractivity (Wildman–Crippen MR) is 33.0 cm³/mol. The van der Waals surface area contributed by atoms with Crippen molar-refractivity contribution in [1.82, 2.24) is 0 Å². The molecule has 0 aliphatic heterocycles. The Morgan fingerprint density at radius 3 is 1.90 bits per heavy atom. The maximum Gasteiger partial charge on any atom is 0.391 e. The Kier molecular flexibility index (Phi) is 6.02. The van der Waals surface area contributed by atoms with E-state index in [1.807, 2.05) is 0 Å². The number of hydrogen-bond donors (Lipinski definition) is 2. The molecule has 3 N–H and O–H groups in total. The lowest BCUT2D eigenvalue weighted by Crippen LogP contribution is -2.26. The van der Waals surface area contributed by atoms with Crippen LogP contribution in [0, 0.1) is 0 Å². The highest BCUT2D eigenvalue weighted by atomic mass is 35.5. The molecule has 0 saturated heterocycles. The van der Waals surface area contributed by atoms with Crippen LogP contribution in [0.3, 0.4) is 0 Å². The monoisotopic (exact) mass is 179 g/mol. The van der Waals surface area contributed by atoms with E-state index in [4.69, 9.17) is 10.8 Å². The van der Waals surface area contributed by atoms with E-state index >= 15 is 0 Å². The summed E-state index contributed by atoms with van der Waals surface area (Å²) in [6.45, 7) is -0.348. The van der Waals surface area contributed by atoms with Crippen molar-refractivity contribution in [3.8, 4) is 0 Å². The molecular formula is C4H9ClF3NO. The number of aliphatic hydroxyl groups excluding tert-OH is 1. The van der Waals surface area contributed by atoms with Crippen molar-refractivity contribution in [1.29, 1.82) is 0 Å². The molecule has 0 aliphatic rings. The van der Waals surface area contributed by atoms with E-state index in [1.54, 1.807) is 0 Å². The van der Waals surface area contributed by atoms with Crippen LogP contribution in [-0.2, 0) is 0 Å². The largest absolute Gasteiger partial charge is 0.391 e. The molecule has 0 aromatic rings. The first-order valence-corrected chi connectivity index (χ1v) is 2.40. The Morgan fingerprint density at radius 2 is 1.80 bits per heavy atom. The Morgan fingerprint density at radius 1 is 1.40 bits per heavy atom. The molecule has 0 spiro atoms. The lowest BCUT2D eigenvalue weighted by atomic mass is 10.2. The fourth-order valence-corrected chi connectivity index (χ4v) is 0.351. The standard InChI is InChI=1S/C4H8F3NO.ClH/c5-4(6,7)1-3(9)2-8;/h3,9H,1-2,8H2;1H. The van der Waals surface area contributed by atoms with Gasteiger partial charge in [0.15, 0.2) is 0 Å². The summed E-state index contributed by atoms with van der Waals surface area (Å²) >= 11 is 0. The first-order chi connectivity index (χ1) is 3.95. The zero-order valence-corrected chi connectivity index (χ0v) is 5.87. The molecule has 0 aliphatic carbocycles. The van der Waals surface area contributed by atoms with Gasteiger partial charge in [0, 0.05) is 6.54 Å². The molecule has 1 unspecified atom stereocenters. The first-order valence-electron chi connectivity index (χ1n) is 2.40. The third-order valence-electron chi connectivity index (χ3n) is 0.739. The summed E-state index contributed by atoms with van der Waals surface area (Å²) in [6.07, 6.45) is -6.98. The number of halogens is 4. The average molecular weight is 180 g/mol. The lowest BCUT2D eigenvalue weighted by molar-refractivity contribution is -0.152. The topological polar surface area (TPSA) is 46.2 Å². The van der Waals surface area contributed by atoms with Gasteiger partial charge >= 0.3 is 6.18 Å². The molecule has 0 radical (unpaired) electrons. The van der Waals surface area contributed by atoms with E-state index in [0.29, 0.717) is 0 Å². The number of rotatable bonds is 2. The second-order valence-electron chi connectivity index (χ2n) is 1.71. The van der Waals surface area contributed by atoms with E-state index in [2.05, 4.69) is 0 Å². The van der Waals surface area contributed by atoms with Gasteiger partial charge < -0.3 is 10.8 Å². The molecule has 1 atom stereocenters. The van der Waals surface area contributed by atoms with Crippen LogP contribution in [0.1, 0.15) is 6.42 Å². The molecule has 64 valence electrons. The summed E-state index contributed by atoms with van der Waals surface area (Å²) in [5.41, 5.74) is 4.73. The van der Waals surface area contributed by atoms with Gasteiger partial charge in [0.05, 0.1) is 12.5 Å². The van der Waals surface area contributed by atoms with Gasteiger partial charge in [-0.2, -0.15) is 13.2 Å². The maximum atomic E-state index is 11.3. The van der Waals surface area contributed by atoms with Crippen LogP contribution >= 0.6 is 12.4 Å². The van der Waals surface area contributed by atoms with Crippen LogP contribution in [0.4, 0.5) is 13.2 Å². The van der Waals surface area contributed by atoms with Crippen molar-refractivity contribution in [2.75, 3.05) is 6.54 Å². The van der Waals surface area contributed by atoms with Gasteiger partial charge in [-0.25, -0.2) is 0 Å². The van der Waals surface area contributed by atoms with E-state index in [9.17, 15) is 13.2 Å². The van der Waals surface area contributed by atoms with E-state index in [0.717, 1.165) is 0 Å². The molecule has 0 fully saturated rings. The molecule has 6 heteroatoms. The first kappa shape index (κ1) is 12.7. The Balaban J connectivity index is 0. The van der Waals surface area contributed by atoms with E-state index < -0.39 is 18.7 Å². The number of aliphatic hydroxyl groups is 1. The molecule has 0 aromatic carbocycles. The maximum absolute atomic E-state index is 11.3. The summed E-state index contributed by atoms with van der Waals surface area (Å²) in [7, 11) is 0. The molecule has 0 saturated carbocycles. The van der Waals surface area contributed by atoms with Gasteiger partial charge in [-0.3, -0.25) is 0 Å². The summed E-state index contributed by atoms with van der Waals surface area (Å²) < 4.78 is 33.8. The van der Waals surface area contributed by atoms with Crippen molar-refractivity contribution < 1.29 is 18.3 Å². The molecule has 0 bridgehead atoms. The van der Waals surface area contributed by atoms with Crippen LogP contribution in [-0.4, -0.2) is 23.9 Å². The lowest BCUT2D eigenvalue weighted by Gasteiger charge is -2.09. The number of hydrogen-bond acceptors (Lipinski definition) is 2. The number of nitrogens with two attached hydrogens (primary N) is 1. The van der Waals surface area contributed by atoms with Gasteiger partial charge in [-0.15, -0.1) is 12.4 Å². The van der Waals surface area contributed by atoms with Gasteiger partial charge in [0.2, 0.25) is 0 Å². The fourth-order valence-electron chi connectivity index (χ4n) is 0.351. The van der Waals surface area contributed by atoms with Crippen LogP contribution in [0.5, 0.6) is 0 Å². The Bertz CT molecular complexity index is 87.1. The van der Waals surface area contributed by atoms with Gasteiger partial charge in [-0.1, -0.05) is 0 Å². The second kappa shape index (κ2) is 4.76. The second-order valence-corrected chi connectivity index (χ2v) is 1.71. The zero-order valence-electron chi connectivity index (χ0n) is 5.06. The molecular weight excluding hydrogens is 170 g/mol. The average Bonchev–Trinajstić information content (AvgIpc) is 1.62. The minimum Gasteiger partial charge on any atom is -0.391 e. The van der Waals surface area contributed by atoms with Crippen molar-refractivity contribution in [2.24, 2.45) is 5.73 Å². The van der Waals surface area contributed by atoms with E-state index in [-0.39, 0.29) is 19.0 Å². The predicted octanol–water partition coefficient (Wildman–Crippen LogP) is 0.680. The smallest absolute Gasteiger partial charge is 0.391 e. The third-order valence-corrected chi connectivity index (χ3v) is 0.739. The fraction of sp³-hybridized carbons (Fsp3) is 1.00. The highest BCUT2D eigenvalue weighted by molar-refractivity contribution is 5.85. The zero-order chi connectivity index (χ0) is 7.49. The molecule has 10 heavy (non-hydrogen) atoms. The van der Waals surface area contributed by atoms with Gasteiger partial charge in [0.25, 0.3) is 0 Å². The van der Waals surface area contributed by atoms with Crippen molar-refractivity contribution in [2.45, 2.75) is 18.7 Å². The highest BCUT2D eigenvalue weighted by Gasteiger charge is 2.30. The van der Waals surface area contributed by atoms with Crippen molar-refractivity contribution in [3.63, 3.8) is 0 Å². The minimum atomic E-state index is -4.31. The molecule has 0 heterocycles. The summed E-state index contributed by atoms with van der Waals surface area (Å²) in [6, 6.07) is 0. The summed E-state index contributed by atoms with van der Waals surface area (Å²) in [5.74, 6) is 0. The van der Waals surface area contributed by atoms with Crippen molar-refractivity contribution in [3.05, 3.63) is 0 Å². The van der Waals surface area contributed by atoms with Crippen LogP contribution in [0.15, 0.2) is 0 Å². The highest BCUT2D eigenvalue weighted by Crippen LogP contribution is 2.20. The normalized spacial score (nSPS) is 14.1. The quantitative estimate of drug-likeness (QED) is 0.655. The van der Waals surface area contributed by atoms with Crippen molar-refractivity contribution >= 4 is 12.4 Å². The Labute approximate surface area is 62.6 Å². The minimum absolute atomic E-state index is 0. The number of alkyl halides is 3. The van der Waals surface area contributed by atoms with Crippen LogP contribution in [0.2, 0.25) is 0 Å². The van der Waals surface area contributed by atoms with Crippen LogP contribution < -0.4 is 5.73 Å². The third kappa shape index (κ3) is 8.00.